The summed E-state index contributed by atoms with van der Waals surface area (Å²) in [6.45, 7) is 1.83. The molecule has 0 saturated heterocycles. The lowest BCUT2D eigenvalue weighted by Crippen LogP contribution is -2.40. The lowest BCUT2D eigenvalue weighted by molar-refractivity contribution is -0.114. The van der Waals surface area contributed by atoms with E-state index in [9.17, 15) is 13.2 Å². The minimum Gasteiger partial charge on any atom is -0.288 e. The number of amides is 1. The molecule has 0 heterocycles. The molecule has 23 heavy (non-hydrogen) atoms. The highest BCUT2D eigenvalue weighted by atomic mass is 32.2. The molecule has 120 valence electrons. The molecule has 0 atom stereocenters. The molecule has 0 bridgehead atoms. The summed E-state index contributed by atoms with van der Waals surface area (Å²) in [6, 6.07) is 14.7. The van der Waals surface area contributed by atoms with Gasteiger partial charge in [-0.3, -0.25) is 15.6 Å². The average Bonchev–Trinajstić information content (AvgIpc) is 2.57. The Morgan fingerprint density at radius 3 is 2.26 bits per heavy atom. The van der Waals surface area contributed by atoms with Crippen molar-refractivity contribution in [3.63, 3.8) is 0 Å². The fraction of sp³-hybridized carbons (Fsp3) is 0.0667. The Morgan fingerprint density at radius 2 is 1.65 bits per heavy atom. The molecule has 2 rings (SSSR count). The summed E-state index contributed by atoms with van der Waals surface area (Å²) in [5.41, 5.74) is 5.83. The summed E-state index contributed by atoms with van der Waals surface area (Å²) in [7, 11) is -4.10. The number of hydrazine groups is 1. The van der Waals surface area contributed by atoms with Crippen LogP contribution in [0.2, 0.25) is 0 Å². The lowest BCUT2D eigenvalue weighted by Gasteiger charge is -2.09. The van der Waals surface area contributed by atoms with Crippen LogP contribution in [0.1, 0.15) is 5.56 Å². The Labute approximate surface area is 134 Å². The second-order valence-electron chi connectivity index (χ2n) is 4.63. The van der Waals surface area contributed by atoms with Crippen molar-refractivity contribution in [3.05, 3.63) is 60.2 Å². The summed E-state index contributed by atoms with van der Waals surface area (Å²) in [6.07, 6.45) is 0. The normalized spacial score (nSPS) is 11.8. The molecule has 7 nitrogen and oxygen atoms in total. The fourth-order valence-corrected chi connectivity index (χ4v) is 3.02. The van der Waals surface area contributed by atoms with E-state index in [1.54, 1.807) is 35.8 Å². The van der Waals surface area contributed by atoms with E-state index in [-0.39, 0.29) is 4.90 Å². The van der Waals surface area contributed by atoms with Crippen molar-refractivity contribution in [3.8, 4) is 0 Å². The van der Waals surface area contributed by atoms with E-state index < -0.39 is 20.8 Å². The number of sulfone groups is 1. The molecule has 4 N–H and O–H groups in total. The molecular weight excluding hydrogens is 316 g/mol. The van der Waals surface area contributed by atoms with Gasteiger partial charge in [-0.05, 0) is 30.7 Å². The van der Waals surface area contributed by atoms with Gasteiger partial charge in [0.25, 0.3) is 5.91 Å². The SMILES string of the molecule is Cc1ccccc1NN=C(C(=O)NN)S(=O)(=O)c1ccccc1. The first kappa shape index (κ1) is 16.7. The van der Waals surface area contributed by atoms with Crippen molar-refractivity contribution in [2.24, 2.45) is 10.9 Å². The number of benzene rings is 2. The van der Waals surface area contributed by atoms with Crippen LogP contribution in [-0.2, 0) is 14.6 Å². The smallest absolute Gasteiger partial charge is 0.288 e. The van der Waals surface area contributed by atoms with Gasteiger partial charge < -0.3 is 0 Å². The second kappa shape index (κ2) is 7.03. The van der Waals surface area contributed by atoms with Gasteiger partial charge in [0.15, 0.2) is 0 Å². The van der Waals surface area contributed by atoms with Crippen molar-refractivity contribution < 1.29 is 13.2 Å². The molecule has 0 radical (unpaired) electrons. The number of aryl methyl sites for hydroxylation is 1. The van der Waals surface area contributed by atoms with Gasteiger partial charge >= 0.3 is 0 Å². The van der Waals surface area contributed by atoms with Gasteiger partial charge in [0.2, 0.25) is 14.9 Å². The quantitative estimate of drug-likeness (QED) is 0.257. The molecule has 8 heteroatoms. The maximum absolute atomic E-state index is 12.6. The predicted octanol–water partition coefficient (Wildman–Crippen LogP) is 1.18. The van der Waals surface area contributed by atoms with Crippen molar-refractivity contribution in [2.45, 2.75) is 11.8 Å². The first-order chi connectivity index (χ1) is 11.0. The van der Waals surface area contributed by atoms with Crippen LogP contribution >= 0.6 is 0 Å². The molecule has 0 spiro atoms. The minimum atomic E-state index is -4.10. The van der Waals surface area contributed by atoms with E-state index >= 15 is 0 Å². The number of carbonyl (C=O) groups excluding carboxylic acids is 1. The summed E-state index contributed by atoms with van der Waals surface area (Å²) in [5, 5.41) is 3.05. The Morgan fingerprint density at radius 1 is 1.04 bits per heavy atom. The number of carbonyl (C=O) groups is 1. The van der Waals surface area contributed by atoms with E-state index in [2.05, 4.69) is 10.5 Å². The highest BCUT2D eigenvalue weighted by molar-refractivity contribution is 8.08. The van der Waals surface area contributed by atoms with Crippen LogP contribution in [0, 0.1) is 6.92 Å². The van der Waals surface area contributed by atoms with E-state index in [1.807, 2.05) is 19.1 Å². The Bertz CT molecular complexity index is 833. The largest absolute Gasteiger partial charge is 0.297 e. The van der Waals surface area contributed by atoms with Gasteiger partial charge in [-0.2, -0.15) is 5.10 Å². The Balaban J connectivity index is 2.44. The third kappa shape index (κ3) is 3.74. The lowest BCUT2D eigenvalue weighted by atomic mass is 10.2. The first-order valence-corrected chi connectivity index (χ1v) is 8.15. The first-order valence-electron chi connectivity index (χ1n) is 6.67. The van der Waals surface area contributed by atoms with Crippen LogP contribution in [0.5, 0.6) is 0 Å². The van der Waals surface area contributed by atoms with Crippen LogP contribution in [0.25, 0.3) is 0 Å². The van der Waals surface area contributed by atoms with Crippen molar-refractivity contribution in [1.29, 1.82) is 0 Å². The molecule has 0 aliphatic heterocycles. The molecule has 0 saturated carbocycles. The number of nitrogens with two attached hydrogens (primary N) is 1. The van der Waals surface area contributed by atoms with Crippen molar-refractivity contribution in [2.75, 3.05) is 5.43 Å². The molecular formula is C15H16N4O3S. The summed E-state index contributed by atoms with van der Waals surface area (Å²) in [4.78, 5) is 11.8. The number of hydrogen-bond acceptors (Lipinski definition) is 6. The number of hydrazone groups is 1. The number of anilines is 1. The number of rotatable bonds is 3. The van der Waals surface area contributed by atoms with Crippen molar-refractivity contribution in [1.82, 2.24) is 5.43 Å². The fourth-order valence-electron chi connectivity index (χ4n) is 1.82. The van der Waals surface area contributed by atoms with Gasteiger partial charge in [0.1, 0.15) is 0 Å². The number of nitrogens with zero attached hydrogens (tertiary/aromatic N) is 1. The third-order valence-corrected chi connectivity index (χ3v) is 4.73. The number of nitrogens with one attached hydrogen (secondary N) is 2. The minimum absolute atomic E-state index is 0.0473. The average molecular weight is 332 g/mol. The van der Waals surface area contributed by atoms with E-state index in [4.69, 9.17) is 5.84 Å². The van der Waals surface area contributed by atoms with Crippen LogP contribution in [-0.4, -0.2) is 19.4 Å². The zero-order chi connectivity index (χ0) is 16.9. The topological polar surface area (TPSA) is 114 Å². The Hall–Kier alpha value is -2.71. The summed E-state index contributed by atoms with van der Waals surface area (Å²) >= 11 is 0. The molecule has 0 aromatic heterocycles. The highest BCUT2D eigenvalue weighted by Gasteiger charge is 2.29. The van der Waals surface area contributed by atoms with Gasteiger partial charge in [-0.15, -0.1) is 0 Å². The third-order valence-electron chi connectivity index (χ3n) is 3.06. The van der Waals surface area contributed by atoms with Crippen LogP contribution in [0.15, 0.2) is 64.6 Å². The van der Waals surface area contributed by atoms with E-state index in [0.717, 1.165) is 5.56 Å². The van der Waals surface area contributed by atoms with Gasteiger partial charge in [0.05, 0.1) is 10.6 Å². The van der Waals surface area contributed by atoms with Crippen LogP contribution in [0.4, 0.5) is 5.69 Å². The maximum Gasteiger partial charge on any atom is 0.297 e. The standard InChI is InChI=1S/C15H16N4O3S/c1-11-7-5-6-10-13(11)18-19-15(14(20)17-16)23(21,22)12-8-3-2-4-9-12/h2-10,18H,16H2,1H3,(H,17,20). The summed E-state index contributed by atoms with van der Waals surface area (Å²) in [5.74, 6) is 4.07. The zero-order valence-electron chi connectivity index (χ0n) is 12.4. The molecule has 0 aliphatic rings. The molecule has 0 unspecified atom stereocenters. The highest BCUT2D eigenvalue weighted by Crippen LogP contribution is 2.15. The predicted molar refractivity (Wildman–Crippen MR) is 88.2 cm³/mol. The van der Waals surface area contributed by atoms with Gasteiger partial charge in [0, 0.05) is 0 Å². The Kier molecular flexibility index (Phi) is 5.09. The molecule has 0 fully saturated rings. The molecule has 1 amide bonds. The zero-order valence-corrected chi connectivity index (χ0v) is 13.2. The van der Waals surface area contributed by atoms with E-state index in [1.165, 1.54) is 12.1 Å². The van der Waals surface area contributed by atoms with Gasteiger partial charge in [-0.1, -0.05) is 36.4 Å². The number of para-hydroxylation sites is 1. The maximum atomic E-state index is 12.6. The van der Waals surface area contributed by atoms with E-state index in [0.29, 0.717) is 5.69 Å². The second-order valence-corrected chi connectivity index (χ2v) is 6.50. The van der Waals surface area contributed by atoms with Crippen LogP contribution in [0.3, 0.4) is 0 Å². The monoisotopic (exact) mass is 332 g/mol. The van der Waals surface area contributed by atoms with Crippen LogP contribution < -0.4 is 16.7 Å². The molecule has 2 aromatic carbocycles. The molecule has 0 aliphatic carbocycles. The van der Waals surface area contributed by atoms with Gasteiger partial charge in [-0.25, -0.2) is 14.3 Å². The summed E-state index contributed by atoms with van der Waals surface area (Å²) < 4.78 is 25.1. The number of hydrogen-bond donors (Lipinski definition) is 3. The molecule has 2 aromatic rings. The van der Waals surface area contributed by atoms with Crippen molar-refractivity contribution >= 4 is 26.5 Å².